The molecule has 0 aliphatic carbocycles. The van der Waals surface area contributed by atoms with Crippen molar-refractivity contribution in [3.05, 3.63) is 59.4 Å². The summed E-state index contributed by atoms with van der Waals surface area (Å²) in [7, 11) is 6.01. The molecule has 0 spiro atoms. The molecule has 1 N–H and O–H groups in total. The van der Waals surface area contributed by atoms with Crippen LogP contribution in [0.3, 0.4) is 0 Å². The summed E-state index contributed by atoms with van der Waals surface area (Å²) in [5.74, 6) is 0.943. The zero-order chi connectivity index (χ0) is 17.6. The molecule has 0 atom stereocenters. The molecule has 25 heavy (non-hydrogen) atoms. The number of benzene rings is 1. The summed E-state index contributed by atoms with van der Waals surface area (Å²) >= 11 is 0. The number of nitrogens with zero attached hydrogens (tertiary/aromatic N) is 4. The van der Waals surface area contributed by atoms with E-state index in [-0.39, 0.29) is 0 Å². The number of fused-ring (bicyclic) bond motifs is 1. The maximum atomic E-state index is 4.42. The molecule has 1 aromatic heterocycles. The van der Waals surface area contributed by atoms with E-state index in [1.165, 1.54) is 16.8 Å². The van der Waals surface area contributed by atoms with Gasteiger partial charge in [0.15, 0.2) is 5.96 Å². The van der Waals surface area contributed by atoms with Crippen molar-refractivity contribution in [3.8, 4) is 0 Å². The third-order valence-corrected chi connectivity index (χ3v) is 4.94. The number of aryl methyl sites for hydroxylation is 1. The Morgan fingerprint density at radius 1 is 1.20 bits per heavy atom. The average Bonchev–Trinajstić information content (AvgIpc) is 3.03. The van der Waals surface area contributed by atoms with Gasteiger partial charge in [-0.15, -0.1) is 0 Å². The van der Waals surface area contributed by atoms with Crippen molar-refractivity contribution in [1.29, 1.82) is 0 Å². The standard InChI is InChI=1S/C20H29N5/c1-21-20(24(3)16-19-9-6-12-23(19)2)22-11-14-25-13-10-17-7-4-5-8-18(17)15-25/h4-9,12H,10-11,13-16H2,1-3H3,(H,21,22). The van der Waals surface area contributed by atoms with Gasteiger partial charge >= 0.3 is 0 Å². The van der Waals surface area contributed by atoms with Crippen molar-refractivity contribution in [2.45, 2.75) is 19.5 Å². The Balaban J connectivity index is 1.47. The number of nitrogens with one attached hydrogen (secondary N) is 1. The van der Waals surface area contributed by atoms with Gasteiger partial charge in [-0.05, 0) is 29.7 Å². The fraction of sp³-hybridized carbons (Fsp3) is 0.450. The molecule has 5 heteroatoms. The van der Waals surface area contributed by atoms with Gasteiger partial charge in [-0.25, -0.2) is 0 Å². The molecular weight excluding hydrogens is 310 g/mol. The highest BCUT2D eigenvalue weighted by Crippen LogP contribution is 2.17. The van der Waals surface area contributed by atoms with Crippen molar-refractivity contribution in [3.63, 3.8) is 0 Å². The molecule has 2 heterocycles. The highest BCUT2D eigenvalue weighted by molar-refractivity contribution is 5.79. The Hall–Kier alpha value is -2.27. The topological polar surface area (TPSA) is 35.8 Å². The van der Waals surface area contributed by atoms with E-state index in [0.717, 1.165) is 45.1 Å². The normalized spacial score (nSPS) is 15.1. The lowest BCUT2D eigenvalue weighted by Crippen LogP contribution is -2.43. The van der Waals surface area contributed by atoms with E-state index in [0.29, 0.717) is 0 Å². The molecule has 3 rings (SSSR count). The average molecular weight is 339 g/mol. The fourth-order valence-electron chi connectivity index (χ4n) is 3.43. The number of hydrogen-bond acceptors (Lipinski definition) is 2. The molecule has 0 saturated heterocycles. The van der Waals surface area contributed by atoms with Crippen LogP contribution in [0.15, 0.2) is 47.6 Å². The van der Waals surface area contributed by atoms with E-state index in [1.54, 1.807) is 0 Å². The van der Waals surface area contributed by atoms with E-state index in [2.05, 4.69) is 81.4 Å². The predicted molar refractivity (Wildman–Crippen MR) is 104 cm³/mol. The van der Waals surface area contributed by atoms with E-state index in [4.69, 9.17) is 0 Å². The van der Waals surface area contributed by atoms with Crippen LogP contribution in [0.1, 0.15) is 16.8 Å². The van der Waals surface area contributed by atoms with Crippen molar-refractivity contribution in [2.75, 3.05) is 33.7 Å². The third-order valence-electron chi connectivity index (χ3n) is 4.94. The van der Waals surface area contributed by atoms with E-state index in [9.17, 15) is 0 Å². The van der Waals surface area contributed by atoms with Crippen LogP contribution in [0.25, 0.3) is 0 Å². The minimum atomic E-state index is 0.847. The molecule has 0 bridgehead atoms. The van der Waals surface area contributed by atoms with Crippen LogP contribution in [0.4, 0.5) is 0 Å². The van der Waals surface area contributed by atoms with E-state index >= 15 is 0 Å². The maximum Gasteiger partial charge on any atom is 0.193 e. The number of aliphatic imine (C=N–C) groups is 1. The van der Waals surface area contributed by atoms with Gasteiger partial charge in [-0.1, -0.05) is 24.3 Å². The van der Waals surface area contributed by atoms with Gasteiger partial charge in [0, 0.05) is 59.2 Å². The summed E-state index contributed by atoms with van der Waals surface area (Å²) in [6.45, 7) is 4.98. The van der Waals surface area contributed by atoms with Crippen molar-refractivity contribution in [2.24, 2.45) is 12.0 Å². The third kappa shape index (κ3) is 4.42. The van der Waals surface area contributed by atoms with E-state index in [1.807, 2.05) is 7.05 Å². The first kappa shape index (κ1) is 17.5. The molecule has 5 nitrogen and oxygen atoms in total. The summed E-state index contributed by atoms with van der Waals surface area (Å²) in [6, 6.07) is 13.0. The number of guanidine groups is 1. The lowest BCUT2D eigenvalue weighted by atomic mass is 10.00. The van der Waals surface area contributed by atoms with Crippen LogP contribution in [-0.2, 0) is 26.6 Å². The molecule has 0 fully saturated rings. The SMILES string of the molecule is CN=C(NCCN1CCc2ccccc2C1)N(C)Cc1cccn1C. The quantitative estimate of drug-likeness (QED) is 0.669. The highest BCUT2D eigenvalue weighted by atomic mass is 15.3. The minimum Gasteiger partial charge on any atom is -0.355 e. The second-order valence-electron chi connectivity index (χ2n) is 6.74. The lowest BCUT2D eigenvalue weighted by molar-refractivity contribution is 0.257. The molecule has 0 radical (unpaired) electrons. The Bertz CT molecular complexity index is 718. The summed E-state index contributed by atoms with van der Waals surface area (Å²) < 4.78 is 2.15. The van der Waals surface area contributed by atoms with E-state index < -0.39 is 0 Å². The molecule has 134 valence electrons. The number of rotatable bonds is 5. The number of aromatic nitrogens is 1. The van der Waals surface area contributed by atoms with Gasteiger partial charge < -0.3 is 14.8 Å². The maximum absolute atomic E-state index is 4.42. The lowest BCUT2D eigenvalue weighted by Gasteiger charge is -2.29. The van der Waals surface area contributed by atoms with Crippen molar-refractivity contribution in [1.82, 2.24) is 19.7 Å². The zero-order valence-electron chi connectivity index (χ0n) is 15.6. The first-order valence-electron chi connectivity index (χ1n) is 8.98. The Kier molecular flexibility index (Phi) is 5.76. The van der Waals surface area contributed by atoms with Crippen molar-refractivity contribution >= 4 is 5.96 Å². The fourth-order valence-corrected chi connectivity index (χ4v) is 3.43. The summed E-state index contributed by atoms with van der Waals surface area (Å²) in [5, 5.41) is 3.50. The van der Waals surface area contributed by atoms with Crippen LogP contribution >= 0.6 is 0 Å². The Labute approximate surface area is 151 Å². The molecule has 1 aliphatic heterocycles. The first-order chi connectivity index (χ1) is 12.2. The predicted octanol–water partition coefficient (Wildman–Crippen LogP) is 2.09. The second kappa shape index (κ2) is 8.21. The Morgan fingerprint density at radius 2 is 2.00 bits per heavy atom. The van der Waals surface area contributed by atoms with Crippen LogP contribution in [0.2, 0.25) is 0 Å². The molecule has 0 unspecified atom stereocenters. The van der Waals surface area contributed by atoms with Gasteiger partial charge in [-0.2, -0.15) is 0 Å². The van der Waals surface area contributed by atoms with Crippen LogP contribution in [0.5, 0.6) is 0 Å². The monoisotopic (exact) mass is 339 g/mol. The van der Waals surface area contributed by atoms with Gasteiger partial charge in [0.25, 0.3) is 0 Å². The largest absolute Gasteiger partial charge is 0.355 e. The van der Waals surface area contributed by atoms with Crippen molar-refractivity contribution < 1.29 is 0 Å². The van der Waals surface area contributed by atoms with Gasteiger partial charge in [0.2, 0.25) is 0 Å². The summed E-state index contributed by atoms with van der Waals surface area (Å²) in [5.41, 5.74) is 4.25. The van der Waals surface area contributed by atoms with Crippen LogP contribution in [-0.4, -0.2) is 54.1 Å². The van der Waals surface area contributed by atoms with Gasteiger partial charge in [0.05, 0.1) is 6.54 Å². The molecule has 0 saturated carbocycles. The first-order valence-corrected chi connectivity index (χ1v) is 8.98. The number of hydrogen-bond donors (Lipinski definition) is 1. The van der Waals surface area contributed by atoms with Gasteiger partial charge in [0.1, 0.15) is 0 Å². The smallest absolute Gasteiger partial charge is 0.193 e. The second-order valence-corrected chi connectivity index (χ2v) is 6.74. The highest BCUT2D eigenvalue weighted by Gasteiger charge is 2.15. The molecular formula is C20H29N5. The molecule has 2 aromatic rings. The summed E-state index contributed by atoms with van der Waals surface area (Å²) in [4.78, 5) is 9.10. The summed E-state index contributed by atoms with van der Waals surface area (Å²) in [6.07, 6.45) is 3.23. The van der Waals surface area contributed by atoms with Gasteiger partial charge in [-0.3, -0.25) is 9.89 Å². The van der Waals surface area contributed by atoms with Crippen LogP contribution < -0.4 is 5.32 Å². The Morgan fingerprint density at radius 3 is 2.72 bits per heavy atom. The molecule has 0 amide bonds. The minimum absolute atomic E-state index is 0.847. The molecule has 1 aromatic carbocycles. The van der Waals surface area contributed by atoms with Crippen LogP contribution in [0, 0.1) is 0 Å². The zero-order valence-corrected chi connectivity index (χ0v) is 15.6. The molecule has 1 aliphatic rings.